The van der Waals surface area contributed by atoms with Crippen LogP contribution in [-0.4, -0.2) is 29.0 Å². The fraction of sp³-hybridized carbons (Fsp3) is 0.261. The number of rotatable bonds is 8. The average Bonchev–Trinajstić information content (AvgIpc) is 2.71. The van der Waals surface area contributed by atoms with Crippen LogP contribution in [-0.2, 0) is 6.61 Å². The highest BCUT2D eigenvalue weighted by Crippen LogP contribution is 2.30. The maximum atomic E-state index is 12.7. The first-order valence-corrected chi connectivity index (χ1v) is 10.2. The topological polar surface area (TPSA) is 69.9 Å². The highest BCUT2D eigenvalue weighted by molar-refractivity contribution is 6.35. The third kappa shape index (κ3) is 6.17. The van der Waals surface area contributed by atoms with Crippen LogP contribution >= 0.6 is 23.2 Å². The summed E-state index contributed by atoms with van der Waals surface area (Å²) in [5.74, 6) is 1.42. The van der Waals surface area contributed by atoms with Gasteiger partial charge in [-0.25, -0.2) is 0 Å². The van der Waals surface area contributed by atoms with Gasteiger partial charge in [-0.15, -0.1) is 0 Å². The van der Waals surface area contributed by atoms with Gasteiger partial charge in [-0.1, -0.05) is 23.2 Å². The van der Waals surface area contributed by atoms with Crippen molar-refractivity contribution >= 4 is 23.2 Å². The minimum atomic E-state index is -0.977. The Hall–Kier alpha value is -2.67. The zero-order valence-electron chi connectivity index (χ0n) is 17.4. The van der Waals surface area contributed by atoms with E-state index in [4.69, 9.17) is 37.4 Å². The van der Waals surface area contributed by atoms with Gasteiger partial charge in [0.15, 0.2) is 11.5 Å². The van der Waals surface area contributed by atoms with E-state index >= 15 is 0 Å². The molecule has 1 heterocycles. The number of ether oxygens (including phenoxy) is 3. The predicted molar refractivity (Wildman–Crippen MR) is 121 cm³/mol. The summed E-state index contributed by atoms with van der Waals surface area (Å²) >= 11 is 12.0. The van der Waals surface area contributed by atoms with Crippen molar-refractivity contribution < 1.29 is 19.3 Å². The maximum absolute atomic E-state index is 12.7. The van der Waals surface area contributed by atoms with Gasteiger partial charge in [0.1, 0.15) is 19.0 Å². The molecule has 31 heavy (non-hydrogen) atoms. The van der Waals surface area contributed by atoms with Crippen molar-refractivity contribution in [2.24, 2.45) is 0 Å². The second kappa shape index (κ2) is 9.64. The number of hydrogen-bond acceptors (Lipinski definition) is 5. The lowest BCUT2D eigenvalue weighted by molar-refractivity contribution is 0.0276. The fourth-order valence-electron chi connectivity index (χ4n) is 2.76. The molecule has 0 radical (unpaired) electrons. The van der Waals surface area contributed by atoms with E-state index in [2.05, 4.69) is 0 Å². The molecule has 3 rings (SSSR count). The lowest BCUT2D eigenvalue weighted by Crippen LogP contribution is -2.28. The van der Waals surface area contributed by atoms with Crippen molar-refractivity contribution in [3.63, 3.8) is 0 Å². The molecule has 0 saturated carbocycles. The zero-order chi connectivity index (χ0) is 22.6. The number of halogens is 2. The van der Waals surface area contributed by atoms with Crippen LogP contribution < -0.4 is 19.8 Å². The second-order valence-electron chi connectivity index (χ2n) is 7.54. The minimum Gasteiger partial charge on any atom is -0.493 e. The molecule has 0 aliphatic carbocycles. The molecule has 2 aromatic carbocycles. The van der Waals surface area contributed by atoms with E-state index in [1.807, 2.05) is 0 Å². The number of aliphatic hydroxyl groups is 1. The average molecular weight is 464 g/mol. The van der Waals surface area contributed by atoms with Crippen molar-refractivity contribution in [1.82, 2.24) is 4.57 Å². The number of hydrogen-bond donors (Lipinski definition) is 1. The van der Waals surface area contributed by atoms with Gasteiger partial charge in [-0.3, -0.25) is 9.36 Å². The van der Waals surface area contributed by atoms with Gasteiger partial charge in [-0.05, 0) is 55.8 Å². The van der Waals surface area contributed by atoms with Crippen LogP contribution in [0.3, 0.4) is 0 Å². The molecule has 0 unspecified atom stereocenters. The quantitative estimate of drug-likeness (QED) is 0.515. The first-order chi connectivity index (χ1) is 14.7. The Balaban J connectivity index is 1.77. The molecular formula is C23H23Cl2NO5. The number of aromatic nitrogens is 1. The first kappa shape index (κ1) is 23.0. The van der Waals surface area contributed by atoms with E-state index in [0.717, 1.165) is 0 Å². The number of pyridine rings is 1. The highest BCUT2D eigenvalue weighted by Gasteiger charge is 2.16. The van der Waals surface area contributed by atoms with Gasteiger partial charge in [0.2, 0.25) is 0 Å². The van der Waals surface area contributed by atoms with Gasteiger partial charge in [-0.2, -0.15) is 0 Å². The van der Waals surface area contributed by atoms with Crippen LogP contribution in [0.2, 0.25) is 10.0 Å². The predicted octanol–water partition coefficient (Wildman–Crippen LogP) is 4.88. The third-order valence-electron chi connectivity index (χ3n) is 4.28. The maximum Gasteiger partial charge on any atom is 0.255 e. The molecule has 0 bridgehead atoms. The molecule has 3 aromatic rings. The standard InChI is InChI=1S/C23H23Cl2NO5/c1-23(2,28)14-31-20-7-5-17(12-21(20)29-3)26-9-8-15(10-22(26)27)13-30-19-6-4-16(24)11-18(19)25/h4-12,28H,13-14H2,1-3H3. The summed E-state index contributed by atoms with van der Waals surface area (Å²) in [6.45, 7) is 3.60. The van der Waals surface area contributed by atoms with E-state index in [9.17, 15) is 9.90 Å². The van der Waals surface area contributed by atoms with E-state index in [0.29, 0.717) is 38.5 Å². The molecule has 6 nitrogen and oxygen atoms in total. The zero-order valence-corrected chi connectivity index (χ0v) is 18.9. The SMILES string of the molecule is COc1cc(-n2ccc(COc3ccc(Cl)cc3Cl)cc2=O)ccc1OCC(C)(C)O. The smallest absolute Gasteiger partial charge is 0.255 e. The summed E-state index contributed by atoms with van der Waals surface area (Å²) < 4.78 is 18.2. The second-order valence-corrected chi connectivity index (χ2v) is 8.39. The molecule has 1 aromatic heterocycles. The van der Waals surface area contributed by atoms with Crippen molar-refractivity contribution in [3.8, 4) is 22.9 Å². The van der Waals surface area contributed by atoms with Gasteiger partial charge in [0, 0.05) is 23.4 Å². The number of nitrogens with zero attached hydrogens (tertiary/aromatic N) is 1. The lowest BCUT2D eigenvalue weighted by atomic mass is 10.2. The normalized spacial score (nSPS) is 11.3. The van der Waals surface area contributed by atoms with E-state index in [-0.39, 0.29) is 18.8 Å². The van der Waals surface area contributed by atoms with Crippen LogP contribution in [0.25, 0.3) is 5.69 Å². The van der Waals surface area contributed by atoms with Crippen LogP contribution in [0.1, 0.15) is 19.4 Å². The minimum absolute atomic E-state index is 0.106. The summed E-state index contributed by atoms with van der Waals surface area (Å²) in [4.78, 5) is 12.7. The van der Waals surface area contributed by atoms with Gasteiger partial charge in [0.25, 0.3) is 5.56 Å². The van der Waals surface area contributed by atoms with Crippen LogP contribution in [0, 0.1) is 0 Å². The van der Waals surface area contributed by atoms with Crippen molar-refractivity contribution in [3.05, 3.63) is 80.7 Å². The van der Waals surface area contributed by atoms with Crippen molar-refractivity contribution in [2.75, 3.05) is 13.7 Å². The highest BCUT2D eigenvalue weighted by atomic mass is 35.5. The molecule has 1 N–H and O–H groups in total. The van der Waals surface area contributed by atoms with Crippen molar-refractivity contribution in [2.45, 2.75) is 26.1 Å². The summed E-state index contributed by atoms with van der Waals surface area (Å²) in [6, 6.07) is 13.4. The van der Waals surface area contributed by atoms with Gasteiger partial charge >= 0.3 is 0 Å². The van der Waals surface area contributed by atoms with E-state index in [1.54, 1.807) is 62.5 Å². The number of methoxy groups -OCH3 is 1. The summed E-state index contributed by atoms with van der Waals surface area (Å²) in [6.07, 6.45) is 1.66. The summed E-state index contributed by atoms with van der Waals surface area (Å²) in [5, 5.41) is 10.8. The van der Waals surface area contributed by atoms with Crippen LogP contribution in [0.4, 0.5) is 0 Å². The Bertz CT molecular complexity index is 1120. The van der Waals surface area contributed by atoms with E-state index in [1.165, 1.54) is 17.7 Å². The Labute approximate surface area is 190 Å². The molecule has 0 aliphatic heterocycles. The van der Waals surface area contributed by atoms with E-state index < -0.39 is 5.60 Å². The monoisotopic (exact) mass is 463 g/mol. The van der Waals surface area contributed by atoms with Crippen LogP contribution in [0.15, 0.2) is 59.5 Å². The summed E-state index contributed by atoms with van der Waals surface area (Å²) in [5.41, 5.74) is 0.111. The molecule has 0 fully saturated rings. The Morgan fingerprint density at radius 2 is 1.71 bits per heavy atom. The molecule has 164 valence electrons. The molecular weight excluding hydrogens is 441 g/mol. The fourth-order valence-corrected chi connectivity index (χ4v) is 3.22. The summed E-state index contributed by atoms with van der Waals surface area (Å²) in [7, 11) is 1.52. The number of benzene rings is 2. The molecule has 0 atom stereocenters. The van der Waals surface area contributed by atoms with Crippen LogP contribution in [0.5, 0.6) is 17.2 Å². The molecule has 0 spiro atoms. The Kier molecular flexibility index (Phi) is 7.15. The lowest BCUT2D eigenvalue weighted by Gasteiger charge is -2.19. The largest absolute Gasteiger partial charge is 0.493 e. The Morgan fingerprint density at radius 3 is 2.35 bits per heavy atom. The molecule has 8 heteroatoms. The van der Waals surface area contributed by atoms with Gasteiger partial charge in [0.05, 0.1) is 23.4 Å². The van der Waals surface area contributed by atoms with Crippen molar-refractivity contribution in [1.29, 1.82) is 0 Å². The molecule has 0 aliphatic rings. The molecule has 0 amide bonds. The Morgan fingerprint density at radius 1 is 0.968 bits per heavy atom. The van der Waals surface area contributed by atoms with Gasteiger partial charge < -0.3 is 19.3 Å². The molecule has 0 saturated heterocycles. The first-order valence-electron chi connectivity index (χ1n) is 9.49. The third-order valence-corrected chi connectivity index (χ3v) is 4.81.